The number of ether oxygens (including phenoxy) is 1. The van der Waals surface area contributed by atoms with Crippen LogP contribution in [0, 0.1) is 5.92 Å². The van der Waals surface area contributed by atoms with Crippen molar-refractivity contribution in [3.63, 3.8) is 0 Å². The molecule has 2 rings (SSSR count). The van der Waals surface area contributed by atoms with E-state index in [0.29, 0.717) is 36.8 Å². The minimum atomic E-state index is -0.649. The standard InChI is InChI=1S/C16H25NO3/c17-7-6-16(19)13-8-14(18)10-15(9-13)20-11-12-4-2-1-3-5-12/h8-10,12,16,18-19H,1-7,11,17H2. The highest BCUT2D eigenvalue weighted by atomic mass is 16.5. The fourth-order valence-corrected chi connectivity index (χ4v) is 2.77. The molecule has 1 fully saturated rings. The van der Waals surface area contributed by atoms with Crippen LogP contribution in [0.3, 0.4) is 0 Å². The van der Waals surface area contributed by atoms with Crippen LogP contribution < -0.4 is 10.5 Å². The van der Waals surface area contributed by atoms with E-state index < -0.39 is 6.10 Å². The van der Waals surface area contributed by atoms with Gasteiger partial charge in [-0.1, -0.05) is 19.3 Å². The van der Waals surface area contributed by atoms with Crippen molar-refractivity contribution in [2.45, 2.75) is 44.6 Å². The summed E-state index contributed by atoms with van der Waals surface area (Å²) in [7, 11) is 0. The molecule has 0 aromatic heterocycles. The molecular formula is C16H25NO3. The van der Waals surface area contributed by atoms with Crippen LogP contribution in [0.25, 0.3) is 0 Å². The molecule has 0 heterocycles. The van der Waals surface area contributed by atoms with E-state index in [0.717, 1.165) is 0 Å². The third kappa shape index (κ3) is 4.39. The van der Waals surface area contributed by atoms with E-state index in [4.69, 9.17) is 10.5 Å². The summed E-state index contributed by atoms with van der Waals surface area (Å²) in [6.07, 6.45) is 6.18. The summed E-state index contributed by atoms with van der Waals surface area (Å²) < 4.78 is 5.79. The van der Waals surface area contributed by atoms with Gasteiger partial charge in [0.05, 0.1) is 12.7 Å². The van der Waals surface area contributed by atoms with Crippen molar-refractivity contribution < 1.29 is 14.9 Å². The normalized spacial score (nSPS) is 17.9. The number of phenols is 1. The second-order valence-corrected chi connectivity index (χ2v) is 5.67. The molecule has 0 saturated heterocycles. The van der Waals surface area contributed by atoms with Crippen LogP contribution >= 0.6 is 0 Å². The molecule has 4 N–H and O–H groups in total. The van der Waals surface area contributed by atoms with E-state index in [1.165, 1.54) is 32.1 Å². The van der Waals surface area contributed by atoms with Crippen molar-refractivity contribution in [3.8, 4) is 11.5 Å². The summed E-state index contributed by atoms with van der Waals surface area (Å²) in [6, 6.07) is 4.96. The Morgan fingerprint density at radius 1 is 1.20 bits per heavy atom. The molecule has 0 aliphatic heterocycles. The SMILES string of the molecule is NCCC(O)c1cc(O)cc(OCC2CCCCC2)c1. The molecule has 1 atom stereocenters. The molecule has 1 aromatic rings. The number of benzene rings is 1. The van der Waals surface area contributed by atoms with Crippen molar-refractivity contribution in [2.75, 3.05) is 13.2 Å². The second kappa shape index (κ2) is 7.50. The molecule has 1 aliphatic rings. The summed E-state index contributed by atoms with van der Waals surface area (Å²) in [5.74, 6) is 1.36. The number of aliphatic hydroxyl groups is 1. The Morgan fingerprint density at radius 3 is 2.65 bits per heavy atom. The molecule has 1 unspecified atom stereocenters. The van der Waals surface area contributed by atoms with Gasteiger partial charge in [-0.25, -0.2) is 0 Å². The summed E-state index contributed by atoms with van der Waals surface area (Å²) in [4.78, 5) is 0. The molecule has 1 aliphatic carbocycles. The quantitative estimate of drug-likeness (QED) is 0.748. The van der Waals surface area contributed by atoms with Gasteiger partial charge in [0.1, 0.15) is 11.5 Å². The maximum atomic E-state index is 9.94. The molecule has 0 amide bonds. The molecule has 4 heteroatoms. The smallest absolute Gasteiger partial charge is 0.123 e. The van der Waals surface area contributed by atoms with Gasteiger partial charge >= 0.3 is 0 Å². The highest BCUT2D eigenvalue weighted by Gasteiger charge is 2.15. The first-order chi connectivity index (χ1) is 9.69. The van der Waals surface area contributed by atoms with Crippen LogP contribution in [0.1, 0.15) is 50.2 Å². The zero-order valence-corrected chi connectivity index (χ0v) is 11.9. The Hall–Kier alpha value is -1.26. The molecule has 4 nitrogen and oxygen atoms in total. The van der Waals surface area contributed by atoms with Gasteiger partial charge in [0.2, 0.25) is 0 Å². The third-order valence-electron chi connectivity index (χ3n) is 3.95. The lowest BCUT2D eigenvalue weighted by Crippen LogP contribution is -2.15. The summed E-state index contributed by atoms with van der Waals surface area (Å²) >= 11 is 0. The summed E-state index contributed by atoms with van der Waals surface area (Å²) in [6.45, 7) is 1.10. The van der Waals surface area contributed by atoms with Crippen LogP contribution in [0.15, 0.2) is 18.2 Å². The number of phenolic OH excluding ortho intramolecular Hbond substituents is 1. The first-order valence-corrected chi connectivity index (χ1v) is 7.54. The molecule has 112 valence electrons. The van der Waals surface area contributed by atoms with Gasteiger partial charge in [0, 0.05) is 6.07 Å². The van der Waals surface area contributed by atoms with E-state index in [2.05, 4.69) is 0 Å². The van der Waals surface area contributed by atoms with Crippen molar-refractivity contribution in [2.24, 2.45) is 11.7 Å². The number of aromatic hydroxyl groups is 1. The third-order valence-corrected chi connectivity index (χ3v) is 3.95. The van der Waals surface area contributed by atoms with E-state index in [1.807, 2.05) is 0 Å². The zero-order chi connectivity index (χ0) is 14.4. The Labute approximate surface area is 120 Å². The van der Waals surface area contributed by atoms with Gasteiger partial charge in [-0.05, 0) is 49.4 Å². The minimum Gasteiger partial charge on any atom is -0.508 e. The molecule has 0 radical (unpaired) electrons. The van der Waals surface area contributed by atoms with Gasteiger partial charge in [-0.15, -0.1) is 0 Å². The Bertz CT molecular complexity index is 416. The van der Waals surface area contributed by atoms with Crippen molar-refractivity contribution in [1.29, 1.82) is 0 Å². The summed E-state index contributed by atoms with van der Waals surface area (Å²) in [5, 5.41) is 19.7. The predicted octanol–water partition coefficient (Wildman–Crippen LogP) is 2.73. The fraction of sp³-hybridized carbons (Fsp3) is 0.625. The highest BCUT2D eigenvalue weighted by Crippen LogP contribution is 2.29. The first-order valence-electron chi connectivity index (χ1n) is 7.54. The number of aliphatic hydroxyl groups excluding tert-OH is 1. The molecule has 20 heavy (non-hydrogen) atoms. The number of rotatable bonds is 6. The lowest BCUT2D eigenvalue weighted by Gasteiger charge is -2.22. The monoisotopic (exact) mass is 279 g/mol. The van der Waals surface area contributed by atoms with Crippen LogP contribution in [-0.4, -0.2) is 23.4 Å². The van der Waals surface area contributed by atoms with E-state index in [1.54, 1.807) is 18.2 Å². The van der Waals surface area contributed by atoms with E-state index in [9.17, 15) is 10.2 Å². The number of hydrogen-bond acceptors (Lipinski definition) is 4. The molecule has 1 aromatic carbocycles. The van der Waals surface area contributed by atoms with Gasteiger partial charge in [0.15, 0.2) is 0 Å². The lowest BCUT2D eigenvalue weighted by atomic mass is 9.90. The number of hydrogen-bond donors (Lipinski definition) is 3. The maximum absolute atomic E-state index is 9.94. The van der Waals surface area contributed by atoms with Crippen molar-refractivity contribution in [3.05, 3.63) is 23.8 Å². The summed E-state index contributed by atoms with van der Waals surface area (Å²) in [5.41, 5.74) is 6.11. The van der Waals surface area contributed by atoms with E-state index >= 15 is 0 Å². The molecule has 0 bridgehead atoms. The van der Waals surface area contributed by atoms with Crippen molar-refractivity contribution in [1.82, 2.24) is 0 Å². The minimum absolute atomic E-state index is 0.122. The Morgan fingerprint density at radius 2 is 1.95 bits per heavy atom. The maximum Gasteiger partial charge on any atom is 0.123 e. The molecule has 1 saturated carbocycles. The van der Waals surface area contributed by atoms with Gasteiger partial charge in [-0.2, -0.15) is 0 Å². The largest absolute Gasteiger partial charge is 0.508 e. The molecule has 0 spiro atoms. The van der Waals surface area contributed by atoms with Crippen molar-refractivity contribution >= 4 is 0 Å². The van der Waals surface area contributed by atoms with Crippen LogP contribution in [0.2, 0.25) is 0 Å². The van der Waals surface area contributed by atoms with Crippen LogP contribution in [-0.2, 0) is 0 Å². The molecular weight excluding hydrogens is 254 g/mol. The Kier molecular flexibility index (Phi) is 5.68. The lowest BCUT2D eigenvalue weighted by molar-refractivity contribution is 0.168. The van der Waals surface area contributed by atoms with Gasteiger partial charge < -0.3 is 20.7 Å². The van der Waals surface area contributed by atoms with Gasteiger partial charge in [-0.3, -0.25) is 0 Å². The average Bonchev–Trinajstić information content (AvgIpc) is 2.46. The van der Waals surface area contributed by atoms with Gasteiger partial charge in [0.25, 0.3) is 0 Å². The highest BCUT2D eigenvalue weighted by molar-refractivity contribution is 5.38. The number of nitrogens with two attached hydrogens (primary N) is 1. The zero-order valence-electron chi connectivity index (χ0n) is 11.9. The average molecular weight is 279 g/mol. The first kappa shape index (κ1) is 15.1. The van der Waals surface area contributed by atoms with Crippen LogP contribution in [0.5, 0.6) is 11.5 Å². The Balaban J connectivity index is 1.96. The fourth-order valence-electron chi connectivity index (χ4n) is 2.77. The topological polar surface area (TPSA) is 75.7 Å². The van der Waals surface area contributed by atoms with Crippen LogP contribution in [0.4, 0.5) is 0 Å². The van der Waals surface area contributed by atoms with E-state index in [-0.39, 0.29) is 5.75 Å². The second-order valence-electron chi connectivity index (χ2n) is 5.67. The predicted molar refractivity (Wildman–Crippen MR) is 78.8 cm³/mol.